The lowest BCUT2D eigenvalue weighted by molar-refractivity contribution is -0.136. The number of nitrogens with zero attached hydrogens (tertiary/aromatic N) is 2. The summed E-state index contributed by atoms with van der Waals surface area (Å²) in [5.74, 6) is -1.25. The van der Waals surface area contributed by atoms with E-state index < -0.39 is 17.7 Å². The van der Waals surface area contributed by atoms with Crippen molar-refractivity contribution in [2.45, 2.75) is 13.5 Å². The molecule has 1 aliphatic heterocycles. The predicted molar refractivity (Wildman–Crippen MR) is 115 cm³/mol. The monoisotopic (exact) mass is 440 g/mol. The molecule has 2 aromatic carbocycles. The van der Waals surface area contributed by atoms with Gasteiger partial charge in [0.1, 0.15) is 25.4 Å². The summed E-state index contributed by atoms with van der Waals surface area (Å²) in [5, 5.41) is 8.85. The Labute approximate surface area is 184 Å². The summed E-state index contributed by atoms with van der Waals surface area (Å²) < 4.78 is 5.31. The van der Waals surface area contributed by atoms with Gasteiger partial charge >= 0.3 is 0 Å². The number of carbonyl (C=O) groups is 4. The summed E-state index contributed by atoms with van der Waals surface area (Å²) in [6.45, 7) is 0.903. The minimum absolute atomic E-state index is 0.118. The van der Waals surface area contributed by atoms with Crippen molar-refractivity contribution < 1.29 is 29.0 Å². The van der Waals surface area contributed by atoms with Gasteiger partial charge in [-0.15, -0.1) is 0 Å². The molecular formula is C22H24N4O6. The van der Waals surface area contributed by atoms with E-state index in [1.807, 2.05) is 0 Å². The number of carbonyl (C=O) groups excluding carboxylic acids is 4. The number of hydrogen-bond donors (Lipinski definition) is 3. The number of benzene rings is 2. The topological polar surface area (TPSA) is 128 Å². The van der Waals surface area contributed by atoms with Gasteiger partial charge < -0.3 is 14.7 Å². The predicted octanol–water partition coefficient (Wildman–Crippen LogP) is 0.214. The molecule has 1 heterocycles. The van der Waals surface area contributed by atoms with Crippen LogP contribution in [0, 0.1) is 0 Å². The second kappa shape index (κ2) is 10.4. The molecule has 3 rings (SSSR count). The first-order valence-corrected chi connectivity index (χ1v) is 9.95. The highest BCUT2D eigenvalue weighted by molar-refractivity contribution is 6.09. The molecule has 2 aromatic rings. The third kappa shape index (κ3) is 5.61. The Morgan fingerprint density at radius 1 is 1.03 bits per heavy atom. The van der Waals surface area contributed by atoms with Crippen molar-refractivity contribution >= 4 is 29.3 Å². The highest BCUT2D eigenvalue weighted by Gasteiger charge is 2.30. The van der Waals surface area contributed by atoms with Crippen LogP contribution in [0.4, 0.5) is 5.69 Å². The van der Waals surface area contributed by atoms with Gasteiger partial charge in [0.05, 0.1) is 6.61 Å². The fraction of sp³-hybridized carbons (Fsp3) is 0.273. The number of ether oxygens (including phenoxy) is 1. The molecule has 10 nitrogen and oxygen atoms in total. The van der Waals surface area contributed by atoms with Gasteiger partial charge in [0.2, 0.25) is 11.8 Å². The van der Waals surface area contributed by atoms with E-state index >= 15 is 0 Å². The van der Waals surface area contributed by atoms with Crippen LogP contribution < -0.4 is 20.5 Å². The Bertz CT molecular complexity index is 1010. The molecule has 0 radical (unpaired) electrons. The van der Waals surface area contributed by atoms with Gasteiger partial charge in [0.25, 0.3) is 11.8 Å². The van der Waals surface area contributed by atoms with Crippen molar-refractivity contribution in [3.05, 3.63) is 59.7 Å². The summed E-state index contributed by atoms with van der Waals surface area (Å²) in [6, 6.07) is 13.5. The summed E-state index contributed by atoms with van der Waals surface area (Å²) in [7, 11) is 0. The molecule has 32 heavy (non-hydrogen) atoms. The van der Waals surface area contributed by atoms with E-state index in [-0.39, 0.29) is 38.8 Å². The number of aliphatic hydroxyl groups is 1. The number of hydrogen-bond acceptors (Lipinski definition) is 6. The van der Waals surface area contributed by atoms with Crippen LogP contribution in [0.25, 0.3) is 0 Å². The van der Waals surface area contributed by atoms with Crippen molar-refractivity contribution in [1.82, 2.24) is 15.8 Å². The molecule has 168 valence electrons. The van der Waals surface area contributed by atoms with Crippen LogP contribution in [0.3, 0.4) is 0 Å². The van der Waals surface area contributed by atoms with Crippen molar-refractivity contribution in [1.29, 1.82) is 0 Å². The SMILES string of the molecule is CC(=O)NNC(=O)CN1Cc2ccccc2N(C(=O)c2ccc(OCCO)cc2)CC1=O. The van der Waals surface area contributed by atoms with Gasteiger partial charge in [-0.25, -0.2) is 0 Å². The summed E-state index contributed by atoms with van der Waals surface area (Å²) in [5.41, 5.74) is 6.07. The Balaban J connectivity index is 1.80. The minimum Gasteiger partial charge on any atom is -0.491 e. The molecule has 1 aliphatic rings. The molecule has 0 atom stereocenters. The van der Waals surface area contributed by atoms with E-state index in [4.69, 9.17) is 9.84 Å². The number of nitrogens with one attached hydrogen (secondary N) is 2. The second-order valence-corrected chi connectivity index (χ2v) is 7.10. The summed E-state index contributed by atoms with van der Waals surface area (Å²) in [4.78, 5) is 51.9. The van der Waals surface area contributed by atoms with Crippen molar-refractivity contribution in [2.24, 2.45) is 0 Å². The zero-order valence-corrected chi connectivity index (χ0v) is 17.5. The maximum atomic E-state index is 13.2. The summed E-state index contributed by atoms with van der Waals surface area (Å²) >= 11 is 0. The van der Waals surface area contributed by atoms with Gasteiger partial charge in [-0.1, -0.05) is 18.2 Å². The lowest BCUT2D eigenvalue weighted by atomic mass is 10.1. The van der Waals surface area contributed by atoms with Gasteiger partial charge in [-0.05, 0) is 35.9 Å². The molecule has 4 amide bonds. The van der Waals surface area contributed by atoms with Gasteiger partial charge in [0, 0.05) is 24.7 Å². The largest absolute Gasteiger partial charge is 0.491 e. The van der Waals surface area contributed by atoms with E-state index in [1.54, 1.807) is 48.5 Å². The van der Waals surface area contributed by atoms with Crippen LogP contribution in [-0.4, -0.2) is 59.9 Å². The Hall–Kier alpha value is -3.92. The van der Waals surface area contributed by atoms with E-state index in [0.717, 1.165) is 0 Å². The first kappa shape index (κ1) is 22.8. The molecule has 10 heteroatoms. The summed E-state index contributed by atoms with van der Waals surface area (Å²) in [6.07, 6.45) is 0. The molecule has 0 spiro atoms. The Morgan fingerprint density at radius 3 is 2.44 bits per heavy atom. The van der Waals surface area contributed by atoms with Crippen LogP contribution in [0.5, 0.6) is 5.75 Å². The first-order valence-electron chi connectivity index (χ1n) is 9.95. The molecule has 0 aromatic heterocycles. The van der Waals surface area contributed by atoms with Gasteiger partial charge in [0.15, 0.2) is 0 Å². The molecule has 0 aliphatic carbocycles. The number of hydrazine groups is 1. The van der Waals surface area contributed by atoms with Crippen LogP contribution in [0.2, 0.25) is 0 Å². The number of para-hydroxylation sites is 1. The van der Waals surface area contributed by atoms with E-state index in [9.17, 15) is 19.2 Å². The standard InChI is InChI=1S/C22H24N4O6/c1-15(28)23-24-20(29)13-25-12-17-4-2-3-5-19(17)26(14-21(25)30)22(31)16-6-8-18(9-7-16)32-11-10-27/h2-9,27H,10-14H2,1H3,(H,23,28)(H,24,29). The Kier molecular flexibility index (Phi) is 7.40. The van der Waals surface area contributed by atoms with Gasteiger partial charge in [-0.3, -0.25) is 34.9 Å². The van der Waals surface area contributed by atoms with Crippen LogP contribution >= 0.6 is 0 Å². The molecule has 0 bridgehead atoms. The van der Waals surface area contributed by atoms with E-state index in [1.165, 1.54) is 16.7 Å². The second-order valence-electron chi connectivity index (χ2n) is 7.10. The number of rotatable bonds is 6. The number of anilines is 1. The fourth-order valence-electron chi connectivity index (χ4n) is 3.23. The molecule has 0 unspecified atom stereocenters. The van der Waals surface area contributed by atoms with Crippen molar-refractivity contribution in [2.75, 3.05) is 31.2 Å². The number of aliphatic hydroxyl groups excluding tert-OH is 1. The first-order chi connectivity index (χ1) is 15.4. The van der Waals surface area contributed by atoms with E-state index in [2.05, 4.69) is 10.9 Å². The lowest BCUT2D eigenvalue weighted by Gasteiger charge is -2.22. The third-order valence-electron chi connectivity index (χ3n) is 4.71. The van der Waals surface area contributed by atoms with Crippen molar-refractivity contribution in [3.63, 3.8) is 0 Å². The quantitative estimate of drug-likeness (QED) is 0.551. The fourth-order valence-corrected chi connectivity index (χ4v) is 3.23. The normalized spacial score (nSPS) is 13.1. The van der Waals surface area contributed by atoms with Gasteiger partial charge in [-0.2, -0.15) is 0 Å². The zero-order valence-electron chi connectivity index (χ0n) is 17.5. The highest BCUT2D eigenvalue weighted by Crippen LogP contribution is 2.27. The minimum atomic E-state index is -0.552. The molecule has 0 saturated heterocycles. The molecular weight excluding hydrogens is 416 g/mol. The average molecular weight is 440 g/mol. The van der Waals surface area contributed by atoms with Crippen molar-refractivity contribution in [3.8, 4) is 5.75 Å². The van der Waals surface area contributed by atoms with E-state index in [0.29, 0.717) is 22.6 Å². The molecule has 0 fully saturated rings. The molecule has 0 saturated carbocycles. The zero-order chi connectivity index (χ0) is 23.1. The maximum Gasteiger partial charge on any atom is 0.258 e. The maximum absolute atomic E-state index is 13.2. The highest BCUT2D eigenvalue weighted by atomic mass is 16.5. The number of fused-ring (bicyclic) bond motifs is 1. The van der Waals surface area contributed by atoms with Crippen LogP contribution in [-0.2, 0) is 20.9 Å². The lowest BCUT2D eigenvalue weighted by Crippen LogP contribution is -2.48. The molecule has 3 N–H and O–H groups in total. The number of amides is 4. The van der Waals surface area contributed by atoms with Crippen LogP contribution in [0.15, 0.2) is 48.5 Å². The Morgan fingerprint density at radius 2 is 1.75 bits per heavy atom. The smallest absolute Gasteiger partial charge is 0.258 e. The third-order valence-corrected chi connectivity index (χ3v) is 4.71. The average Bonchev–Trinajstić information content (AvgIpc) is 2.92. The van der Waals surface area contributed by atoms with Crippen LogP contribution in [0.1, 0.15) is 22.8 Å².